The smallest absolute Gasteiger partial charge is 0.462 e. The minimum Gasteiger partial charge on any atom is -0.462 e. The summed E-state index contributed by atoms with van der Waals surface area (Å²) in [5.74, 6) is -0.876. The van der Waals surface area contributed by atoms with E-state index in [4.69, 9.17) is 18.5 Å². The lowest BCUT2D eigenvalue weighted by Gasteiger charge is -2.24. The lowest BCUT2D eigenvalue weighted by molar-refractivity contribution is -0.870. The fourth-order valence-electron chi connectivity index (χ4n) is 5.87. The maximum atomic E-state index is 12.7. The van der Waals surface area contributed by atoms with Crippen molar-refractivity contribution in [3.8, 4) is 0 Å². The largest absolute Gasteiger partial charge is 0.472 e. The van der Waals surface area contributed by atoms with Crippen molar-refractivity contribution in [3.63, 3.8) is 0 Å². The van der Waals surface area contributed by atoms with Crippen molar-refractivity contribution in [2.45, 2.75) is 180 Å². The van der Waals surface area contributed by atoms with Gasteiger partial charge in [0.05, 0.1) is 27.7 Å². The second-order valence-electron chi connectivity index (χ2n) is 16.4. The highest BCUT2D eigenvalue weighted by Crippen LogP contribution is 2.43. The lowest BCUT2D eigenvalue weighted by atomic mass is 10.1. The molecule has 0 radical (unpaired) electrons. The summed E-state index contributed by atoms with van der Waals surface area (Å²) < 4.78 is 34.3. The van der Waals surface area contributed by atoms with Gasteiger partial charge in [-0.05, 0) is 77.0 Å². The van der Waals surface area contributed by atoms with Crippen LogP contribution < -0.4 is 0 Å². The van der Waals surface area contributed by atoms with Gasteiger partial charge in [0.1, 0.15) is 19.8 Å². The van der Waals surface area contributed by atoms with Crippen LogP contribution in [0.25, 0.3) is 0 Å². The van der Waals surface area contributed by atoms with Crippen molar-refractivity contribution in [2.24, 2.45) is 0 Å². The predicted octanol–water partition coefficient (Wildman–Crippen LogP) is 13.4. The van der Waals surface area contributed by atoms with Crippen LogP contribution in [0.4, 0.5) is 0 Å². The third-order valence-electron chi connectivity index (χ3n) is 9.47. The molecular formula is C49H87NO8P+. The molecule has 0 spiro atoms. The summed E-state index contributed by atoms with van der Waals surface area (Å²) >= 11 is 0. The molecule has 0 aromatic carbocycles. The highest BCUT2D eigenvalue weighted by Gasteiger charge is 2.27. The molecule has 0 bridgehead atoms. The Morgan fingerprint density at radius 2 is 0.983 bits per heavy atom. The summed E-state index contributed by atoms with van der Waals surface area (Å²) in [6.07, 6.45) is 51.0. The normalized spacial score (nSPS) is 14.2. The van der Waals surface area contributed by atoms with Crippen LogP contribution in [-0.4, -0.2) is 74.9 Å². The summed E-state index contributed by atoms with van der Waals surface area (Å²) in [5.41, 5.74) is 0. The van der Waals surface area contributed by atoms with E-state index in [1.807, 2.05) is 27.2 Å². The molecule has 0 amide bonds. The average Bonchev–Trinajstić information content (AvgIpc) is 3.19. The van der Waals surface area contributed by atoms with Crippen LogP contribution in [0.1, 0.15) is 174 Å². The van der Waals surface area contributed by atoms with Gasteiger partial charge >= 0.3 is 19.8 Å². The second kappa shape index (κ2) is 40.8. The number of hydrogen-bond donors (Lipinski definition) is 1. The zero-order chi connectivity index (χ0) is 43.6. The lowest BCUT2D eigenvalue weighted by Crippen LogP contribution is -2.37. The highest BCUT2D eigenvalue weighted by atomic mass is 31.2. The Bertz CT molecular complexity index is 1230. The molecule has 340 valence electrons. The Balaban J connectivity index is 4.43. The molecule has 2 atom stereocenters. The van der Waals surface area contributed by atoms with Crippen LogP contribution >= 0.6 is 7.82 Å². The SMILES string of the molecule is CC/C=C\C/C=C\C/C=C\C/C=C\C/C=C\CCCC(=O)OC(COC(=O)CCCCCCCCC/C=C\CCCCCCCCC)COP(=O)(O)OCC[N+](C)(C)C. The van der Waals surface area contributed by atoms with Gasteiger partial charge in [-0.2, -0.15) is 0 Å². The number of esters is 2. The van der Waals surface area contributed by atoms with Crippen LogP contribution in [-0.2, 0) is 32.7 Å². The number of carbonyl (C=O) groups excluding carboxylic acids is 2. The van der Waals surface area contributed by atoms with Crippen molar-refractivity contribution >= 4 is 19.8 Å². The summed E-state index contributed by atoms with van der Waals surface area (Å²) in [5, 5.41) is 0. The van der Waals surface area contributed by atoms with E-state index in [-0.39, 0.29) is 32.0 Å². The number of quaternary nitrogens is 1. The van der Waals surface area contributed by atoms with E-state index in [0.717, 1.165) is 64.2 Å². The second-order valence-corrected chi connectivity index (χ2v) is 17.9. The number of carbonyl (C=O) groups is 2. The molecule has 2 unspecified atom stereocenters. The Labute approximate surface area is 361 Å². The molecule has 0 aliphatic carbocycles. The fraction of sp³-hybridized carbons (Fsp3) is 0.714. The summed E-state index contributed by atoms with van der Waals surface area (Å²) in [6.45, 7) is 4.23. The van der Waals surface area contributed by atoms with Gasteiger partial charge in [-0.15, -0.1) is 0 Å². The molecule has 1 N–H and O–H groups in total. The van der Waals surface area contributed by atoms with E-state index in [9.17, 15) is 19.0 Å². The number of nitrogens with zero attached hydrogens (tertiary/aromatic N) is 1. The average molecular weight is 849 g/mol. The minimum atomic E-state index is -4.40. The first-order chi connectivity index (χ1) is 28.5. The first-order valence-corrected chi connectivity index (χ1v) is 24.7. The summed E-state index contributed by atoms with van der Waals surface area (Å²) in [4.78, 5) is 35.4. The van der Waals surface area contributed by atoms with E-state index < -0.39 is 26.5 Å². The van der Waals surface area contributed by atoms with Crippen LogP contribution in [0.3, 0.4) is 0 Å². The van der Waals surface area contributed by atoms with Crippen LogP contribution in [0.5, 0.6) is 0 Å². The highest BCUT2D eigenvalue weighted by molar-refractivity contribution is 7.47. The van der Waals surface area contributed by atoms with E-state index in [1.165, 1.54) is 70.6 Å². The number of unbranched alkanes of at least 4 members (excludes halogenated alkanes) is 15. The predicted molar refractivity (Wildman–Crippen MR) is 247 cm³/mol. The molecule has 0 fully saturated rings. The molecule has 0 aliphatic heterocycles. The molecule has 0 aromatic rings. The number of phosphoric ester groups is 1. The van der Waals surface area contributed by atoms with Crippen molar-refractivity contribution in [2.75, 3.05) is 47.5 Å². The van der Waals surface area contributed by atoms with E-state index in [2.05, 4.69) is 80.7 Å². The Morgan fingerprint density at radius 1 is 0.542 bits per heavy atom. The van der Waals surface area contributed by atoms with Gasteiger partial charge in [0.2, 0.25) is 0 Å². The number of phosphoric acid groups is 1. The number of allylic oxidation sites excluding steroid dienone is 12. The standard InChI is InChI=1S/C49H86NO8P/c1-6-8-10-12-14-16-18-20-22-24-26-27-29-31-33-35-37-39-41-48(51)55-45-47(46-57-59(53,54)56-44-43-50(3,4)5)58-49(52)42-40-38-36-34-32-30-28-25-23-21-19-17-15-13-11-9-7-2/h9,11,15,17,21-24,28,30,34,36,47H,6-8,10,12-14,16,18-20,25-27,29,31-33,35,37-46H2,1-5H3/p+1/b11-9-,17-15-,23-21-,24-22-,30-28-,36-34-. The Morgan fingerprint density at radius 3 is 1.51 bits per heavy atom. The van der Waals surface area contributed by atoms with Crippen LogP contribution in [0.2, 0.25) is 0 Å². The Kier molecular flexibility index (Phi) is 39.1. The molecular weight excluding hydrogens is 762 g/mol. The first kappa shape index (κ1) is 56.5. The molecule has 0 saturated heterocycles. The maximum absolute atomic E-state index is 12.7. The van der Waals surface area contributed by atoms with Crippen molar-refractivity contribution in [1.29, 1.82) is 0 Å². The number of hydrogen-bond acceptors (Lipinski definition) is 7. The van der Waals surface area contributed by atoms with Gasteiger partial charge in [0.15, 0.2) is 6.10 Å². The minimum absolute atomic E-state index is 0.0171. The molecule has 0 aromatic heterocycles. The molecule has 0 heterocycles. The van der Waals surface area contributed by atoms with Crippen molar-refractivity contribution < 1.29 is 42.1 Å². The molecule has 0 saturated carbocycles. The van der Waals surface area contributed by atoms with Gasteiger partial charge in [0, 0.05) is 12.8 Å². The molecule has 9 nitrogen and oxygen atoms in total. The molecule has 0 aliphatic rings. The van der Waals surface area contributed by atoms with E-state index in [0.29, 0.717) is 23.9 Å². The molecule has 10 heteroatoms. The van der Waals surface area contributed by atoms with Crippen LogP contribution in [0.15, 0.2) is 72.9 Å². The Hall–Kier alpha value is -2.55. The summed E-state index contributed by atoms with van der Waals surface area (Å²) in [7, 11) is 1.43. The van der Waals surface area contributed by atoms with Gasteiger partial charge in [-0.1, -0.05) is 157 Å². The monoisotopic (exact) mass is 849 g/mol. The number of likely N-dealkylation sites (N-methyl/N-ethyl adjacent to an activating group) is 1. The molecule has 0 rings (SSSR count). The topological polar surface area (TPSA) is 108 Å². The fourth-order valence-corrected chi connectivity index (χ4v) is 6.61. The number of rotatable bonds is 41. The van der Waals surface area contributed by atoms with Gasteiger partial charge in [-0.25, -0.2) is 4.57 Å². The molecule has 59 heavy (non-hydrogen) atoms. The van der Waals surface area contributed by atoms with Crippen molar-refractivity contribution in [1.82, 2.24) is 0 Å². The van der Waals surface area contributed by atoms with Gasteiger partial charge in [0.25, 0.3) is 0 Å². The first-order valence-electron chi connectivity index (χ1n) is 23.2. The maximum Gasteiger partial charge on any atom is 0.472 e. The van der Waals surface area contributed by atoms with Gasteiger partial charge in [-0.3, -0.25) is 18.6 Å². The van der Waals surface area contributed by atoms with Gasteiger partial charge < -0.3 is 18.9 Å². The quantitative estimate of drug-likeness (QED) is 0.0213. The van der Waals surface area contributed by atoms with E-state index in [1.54, 1.807) is 0 Å². The third-order valence-corrected chi connectivity index (χ3v) is 10.5. The zero-order valence-corrected chi connectivity index (χ0v) is 39.1. The summed E-state index contributed by atoms with van der Waals surface area (Å²) in [6, 6.07) is 0. The van der Waals surface area contributed by atoms with E-state index >= 15 is 0 Å². The number of ether oxygens (including phenoxy) is 2. The third kappa shape index (κ3) is 44.8. The van der Waals surface area contributed by atoms with Crippen molar-refractivity contribution in [3.05, 3.63) is 72.9 Å². The zero-order valence-electron chi connectivity index (χ0n) is 38.2. The van der Waals surface area contributed by atoms with Crippen LogP contribution in [0, 0.1) is 0 Å².